The van der Waals surface area contributed by atoms with Gasteiger partial charge in [0.2, 0.25) is 5.91 Å². The zero-order valence-corrected chi connectivity index (χ0v) is 18.0. The van der Waals surface area contributed by atoms with E-state index < -0.39 is 0 Å². The molecule has 0 spiro atoms. The average molecular weight is 386 g/mol. The van der Waals surface area contributed by atoms with Crippen LogP contribution in [-0.4, -0.2) is 27.5 Å². The number of carbonyl (C=O) groups excluding carboxylic acids is 1. The molecule has 0 N–H and O–H groups in total. The van der Waals surface area contributed by atoms with Gasteiger partial charge >= 0.3 is 0 Å². The minimum absolute atomic E-state index is 0.215. The largest absolute Gasteiger partial charge is 0.311 e. The molecule has 146 valence electrons. The Bertz CT molecular complexity index is 812. The van der Waals surface area contributed by atoms with Crippen molar-refractivity contribution in [2.45, 2.75) is 70.6 Å². The number of hydrogen-bond acceptors (Lipinski definition) is 3. The number of thioether (sulfide) groups is 1. The second-order valence-corrected chi connectivity index (χ2v) is 9.44. The number of anilines is 1. The Balaban J connectivity index is 1.74. The quantitative estimate of drug-likeness (QED) is 0.726. The van der Waals surface area contributed by atoms with Crippen molar-refractivity contribution in [1.29, 1.82) is 0 Å². The Morgan fingerprint density at radius 2 is 2.04 bits per heavy atom. The molecule has 0 radical (unpaired) electrons. The predicted molar refractivity (Wildman–Crippen MR) is 114 cm³/mol. The molecule has 1 aliphatic heterocycles. The van der Waals surface area contributed by atoms with Crippen LogP contribution in [0, 0.1) is 19.8 Å². The van der Waals surface area contributed by atoms with Crippen molar-refractivity contribution < 1.29 is 4.79 Å². The zero-order chi connectivity index (χ0) is 19.6. The van der Waals surface area contributed by atoms with Gasteiger partial charge in [-0.2, -0.15) is 5.10 Å². The van der Waals surface area contributed by atoms with Crippen LogP contribution in [0.1, 0.15) is 50.6 Å². The molecule has 1 aromatic heterocycles. The summed E-state index contributed by atoms with van der Waals surface area (Å²) in [6.45, 7) is 12.6. The molecular weight excluding hydrogens is 354 g/mol. The lowest BCUT2D eigenvalue weighted by Gasteiger charge is -2.22. The molecule has 1 aliphatic rings. The van der Waals surface area contributed by atoms with Crippen molar-refractivity contribution in [1.82, 2.24) is 9.78 Å². The van der Waals surface area contributed by atoms with Crippen LogP contribution in [0.4, 0.5) is 5.69 Å². The molecule has 0 aliphatic carbocycles. The minimum Gasteiger partial charge on any atom is -0.311 e. The van der Waals surface area contributed by atoms with E-state index in [1.165, 1.54) is 16.2 Å². The average Bonchev–Trinajstić information content (AvgIpc) is 2.77. The second kappa shape index (κ2) is 8.51. The van der Waals surface area contributed by atoms with E-state index in [4.69, 9.17) is 5.10 Å². The molecule has 1 amide bonds. The van der Waals surface area contributed by atoms with E-state index in [2.05, 4.69) is 57.5 Å². The zero-order valence-electron chi connectivity index (χ0n) is 17.2. The highest BCUT2D eigenvalue weighted by Crippen LogP contribution is 2.37. The van der Waals surface area contributed by atoms with Crippen LogP contribution in [0.2, 0.25) is 0 Å². The summed E-state index contributed by atoms with van der Waals surface area (Å²) in [5.74, 6) is 0.776. The van der Waals surface area contributed by atoms with Crippen LogP contribution < -0.4 is 4.90 Å². The van der Waals surface area contributed by atoms with Gasteiger partial charge in [0, 0.05) is 35.3 Å². The predicted octanol–water partition coefficient (Wildman–Crippen LogP) is 5.01. The third-order valence-corrected chi connectivity index (χ3v) is 6.44. The number of carbonyl (C=O) groups is 1. The first-order valence-corrected chi connectivity index (χ1v) is 10.8. The van der Waals surface area contributed by atoms with Gasteiger partial charge in [0.1, 0.15) is 0 Å². The fraction of sp³-hybridized carbons (Fsp3) is 0.545. The van der Waals surface area contributed by atoms with Crippen molar-refractivity contribution in [2.24, 2.45) is 5.92 Å². The number of benzene rings is 1. The summed E-state index contributed by atoms with van der Waals surface area (Å²) >= 11 is 1.87. The molecule has 0 saturated carbocycles. The summed E-state index contributed by atoms with van der Waals surface area (Å²) in [6.07, 6.45) is 2.31. The van der Waals surface area contributed by atoms with E-state index in [0.29, 0.717) is 17.6 Å². The van der Waals surface area contributed by atoms with E-state index in [1.807, 2.05) is 22.7 Å². The van der Waals surface area contributed by atoms with Crippen LogP contribution in [0.5, 0.6) is 0 Å². The van der Waals surface area contributed by atoms with Crippen molar-refractivity contribution in [3.05, 3.63) is 41.2 Å². The van der Waals surface area contributed by atoms with Gasteiger partial charge in [0.15, 0.2) is 0 Å². The lowest BCUT2D eigenvalue weighted by atomic mass is 10.1. The Morgan fingerprint density at radius 1 is 1.30 bits per heavy atom. The first kappa shape index (κ1) is 20.0. The highest BCUT2D eigenvalue weighted by atomic mass is 32.2. The van der Waals surface area contributed by atoms with Gasteiger partial charge < -0.3 is 4.90 Å². The fourth-order valence-electron chi connectivity index (χ4n) is 3.73. The molecule has 0 fully saturated rings. The van der Waals surface area contributed by atoms with Crippen LogP contribution in [-0.2, 0) is 17.8 Å². The highest BCUT2D eigenvalue weighted by molar-refractivity contribution is 8.00. The van der Waals surface area contributed by atoms with Crippen LogP contribution >= 0.6 is 11.8 Å². The smallest absolute Gasteiger partial charge is 0.227 e. The summed E-state index contributed by atoms with van der Waals surface area (Å²) in [6, 6.07) is 8.30. The van der Waals surface area contributed by atoms with Crippen molar-refractivity contribution in [2.75, 3.05) is 11.4 Å². The molecule has 4 nitrogen and oxygen atoms in total. The van der Waals surface area contributed by atoms with Crippen molar-refractivity contribution in [3.8, 4) is 0 Å². The molecule has 1 unspecified atom stereocenters. The molecule has 2 heterocycles. The SMILES string of the molecule is Cc1nn(CC(C)C)c(C)c1CCC(=O)N1CCC(C)Sc2ccccc21. The molecule has 1 aromatic carbocycles. The number of amides is 1. The Kier molecular flexibility index (Phi) is 6.30. The number of aromatic nitrogens is 2. The second-order valence-electron chi connectivity index (χ2n) is 7.96. The first-order chi connectivity index (χ1) is 12.9. The normalized spacial score (nSPS) is 17.1. The van der Waals surface area contributed by atoms with Gasteiger partial charge in [-0.1, -0.05) is 32.9 Å². The maximum atomic E-state index is 13.1. The van der Waals surface area contributed by atoms with Gasteiger partial charge in [-0.25, -0.2) is 0 Å². The van der Waals surface area contributed by atoms with E-state index in [0.717, 1.165) is 37.3 Å². The summed E-state index contributed by atoms with van der Waals surface area (Å²) in [7, 11) is 0. The molecule has 5 heteroatoms. The Morgan fingerprint density at radius 3 is 2.78 bits per heavy atom. The van der Waals surface area contributed by atoms with Crippen LogP contribution in [0.25, 0.3) is 0 Å². The summed E-state index contributed by atoms with van der Waals surface area (Å²) in [5.41, 5.74) is 4.56. The fourth-order valence-corrected chi connectivity index (χ4v) is 4.85. The van der Waals surface area contributed by atoms with E-state index in [1.54, 1.807) is 0 Å². The third-order valence-electron chi connectivity index (χ3n) is 5.20. The number of para-hydroxylation sites is 1. The molecule has 1 atom stereocenters. The Labute approximate surface area is 167 Å². The number of hydrogen-bond donors (Lipinski definition) is 0. The number of fused-ring (bicyclic) bond motifs is 1. The topological polar surface area (TPSA) is 38.1 Å². The van der Waals surface area contributed by atoms with Gasteiger partial charge in [0.25, 0.3) is 0 Å². The van der Waals surface area contributed by atoms with Gasteiger partial charge in [-0.3, -0.25) is 9.48 Å². The standard InChI is InChI=1S/C22H31N3OS/c1-15(2)14-25-18(5)19(17(4)23-25)10-11-22(26)24-13-12-16(3)27-21-9-7-6-8-20(21)24/h6-9,15-16H,10-14H2,1-5H3. The lowest BCUT2D eigenvalue weighted by molar-refractivity contribution is -0.118. The Hall–Kier alpha value is -1.75. The molecule has 0 bridgehead atoms. The molecule has 27 heavy (non-hydrogen) atoms. The summed E-state index contributed by atoms with van der Waals surface area (Å²) in [4.78, 5) is 16.3. The molecule has 0 saturated heterocycles. The molecule has 2 aromatic rings. The minimum atomic E-state index is 0.215. The molecule has 3 rings (SSSR count). The van der Waals surface area contributed by atoms with Gasteiger partial charge in [-0.15, -0.1) is 11.8 Å². The van der Waals surface area contributed by atoms with Crippen LogP contribution in [0.3, 0.4) is 0 Å². The van der Waals surface area contributed by atoms with E-state index in [9.17, 15) is 4.79 Å². The number of nitrogens with zero attached hydrogens (tertiary/aromatic N) is 3. The number of rotatable bonds is 5. The third kappa shape index (κ3) is 4.57. The lowest BCUT2D eigenvalue weighted by Crippen LogP contribution is -2.32. The highest BCUT2D eigenvalue weighted by Gasteiger charge is 2.24. The summed E-state index contributed by atoms with van der Waals surface area (Å²) in [5, 5.41) is 5.22. The maximum absolute atomic E-state index is 13.1. The van der Waals surface area contributed by atoms with Crippen LogP contribution in [0.15, 0.2) is 29.2 Å². The van der Waals surface area contributed by atoms with Gasteiger partial charge in [0.05, 0.1) is 11.4 Å². The number of aryl methyl sites for hydroxylation is 1. The molecular formula is C22H31N3OS. The van der Waals surface area contributed by atoms with Crippen molar-refractivity contribution in [3.63, 3.8) is 0 Å². The maximum Gasteiger partial charge on any atom is 0.227 e. The monoisotopic (exact) mass is 385 g/mol. The summed E-state index contributed by atoms with van der Waals surface area (Å²) < 4.78 is 2.10. The first-order valence-electron chi connectivity index (χ1n) is 9.95. The van der Waals surface area contributed by atoms with E-state index >= 15 is 0 Å². The van der Waals surface area contributed by atoms with Crippen molar-refractivity contribution >= 4 is 23.4 Å². The van der Waals surface area contributed by atoms with Gasteiger partial charge in [-0.05, 0) is 50.3 Å². The van der Waals surface area contributed by atoms with E-state index in [-0.39, 0.29) is 5.91 Å².